The van der Waals surface area contributed by atoms with Gasteiger partial charge in [-0.25, -0.2) is 8.78 Å². The van der Waals surface area contributed by atoms with E-state index >= 15 is 0 Å². The molecule has 0 spiro atoms. The third-order valence-electron chi connectivity index (χ3n) is 1.32. The molecule has 0 heterocycles. The molecule has 0 N–H and O–H groups in total. The van der Waals surface area contributed by atoms with Crippen LogP contribution in [0.2, 0.25) is 0 Å². The molecule has 0 saturated heterocycles. The number of carbonyl (C=O) groups is 1. The summed E-state index contributed by atoms with van der Waals surface area (Å²) in [5, 5.41) is 0. The summed E-state index contributed by atoms with van der Waals surface area (Å²) in [7, 11) is 0. The van der Waals surface area contributed by atoms with E-state index in [4.69, 9.17) is 0 Å². The lowest BCUT2D eigenvalue weighted by Crippen LogP contribution is -1.83. The molecule has 0 bridgehead atoms. The molecule has 1 nitrogen and oxygen atoms in total. The summed E-state index contributed by atoms with van der Waals surface area (Å²) in [6, 6.07) is 3.17. The van der Waals surface area contributed by atoms with Gasteiger partial charge in [0.1, 0.15) is 17.9 Å². The van der Waals surface area contributed by atoms with E-state index in [2.05, 4.69) is 0 Å². The summed E-state index contributed by atoms with van der Waals surface area (Å²) < 4.78 is 25.1. The van der Waals surface area contributed by atoms with Gasteiger partial charge in [-0.2, -0.15) is 0 Å². The number of hydrogen-bond donors (Lipinski definition) is 0. The maximum atomic E-state index is 12.8. The third kappa shape index (κ3) is 1.99. The number of aldehydes is 1. The molecular weight excluding hydrogens is 162 g/mol. The smallest absolute Gasteiger partial charge is 0.142 e. The van der Waals surface area contributed by atoms with Gasteiger partial charge in [0.25, 0.3) is 0 Å². The minimum absolute atomic E-state index is 0.198. The van der Waals surface area contributed by atoms with E-state index in [1.165, 1.54) is 12.1 Å². The van der Waals surface area contributed by atoms with Crippen molar-refractivity contribution in [3.63, 3.8) is 0 Å². The molecule has 12 heavy (non-hydrogen) atoms. The van der Waals surface area contributed by atoms with Crippen LogP contribution in [0.4, 0.5) is 8.78 Å². The maximum absolute atomic E-state index is 12.8. The Morgan fingerprint density at radius 2 is 2.00 bits per heavy atom. The SMILES string of the molecule is O=C/C=C\c1ccc(F)cc1F. The molecule has 0 aromatic heterocycles. The van der Waals surface area contributed by atoms with Crippen molar-refractivity contribution in [3.05, 3.63) is 41.5 Å². The molecule has 0 radical (unpaired) electrons. The van der Waals surface area contributed by atoms with Crippen LogP contribution in [-0.2, 0) is 4.79 Å². The number of rotatable bonds is 2. The van der Waals surface area contributed by atoms with Crippen LogP contribution in [0.5, 0.6) is 0 Å². The van der Waals surface area contributed by atoms with Crippen LogP contribution in [0.15, 0.2) is 24.3 Å². The highest BCUT2D eigenvalue weighted by Gasteiger charge is 1.98. The van der Waals surface area contributed by atoms with Crippen LogP contribution in [0, 0.1) is 11.6 Å². The average Bonchev–Trinajstić information content (AvgIpc) is 2.03. The maximum Gasteiger partial charge on any atom is 0.142 e. The van der Waals surface area contributed by atoms with Gasteiger partial charge < -0.3 is 0 Å². The summed E-state index contributed by atoms with van der Waals surface area (Å²) in [6.45, 7) is 0. The van der Waals surface area contributed by atoms with Gasteiger partial charge in [-0.15, -0.1) is 0 Å². The molecule has 0 atom stereocenters. The second-order valence-electron chi connectivity index (χ2n) is 2.16. The zero-order chi connectivity index (χ0) is 8.97. The van der Waals surface area contributed by atoms with Gasteiger partial charge in [-0.05, 0) is 24.3 Å². The molecule has 0 unspecified atom stereocenters. The molecule has 0 aliphatic heterocycles. The fourth-order valence-corrected chi connectivity index (χ4v) is 0.780. The lowest BCUT2D eigenvalue weighted by molar-refractivity contribution is -0.104. The minimum atomic E-state index is -0.673. The fourth-order valence-electron chi connectivity index (χ4n) is 0.780. The van der Waals surface area contributed by atoms with E-state index in [0.717, 1.165) is 18.2 Å². The molecule has 0 fully saturated rings. The summed E-state index contributed by atoms with van der Waals surface area (Å²) in [5.74, 6) is -1.30. The third-order valence-corrected chi connectivity index (χ3v) is 1.32. The number of benzene rings is 1. The van der Waals surface area contributed by atoms with Gasteiger partial charge in [0.05, 0.1) is 0 Å². The zero-order valence-electron chi connectivity index (χ0n) is 6.13. The van der Waals surface area contributed by atoms with Crippen molar-refractivity contribution in [2.45, 2.75) is 0 Å². The predicted molar refractivity (Wildman–Crippen MR) is 41.5 cm³/mol. The van der Waals surface area contributed by atoms with Crippen molar-refractivity contribution < 1.29 is 13.6 Å². The van der Waals surface area contributed by atoms with E-state index in [1.54, 1.807) is 0 Å². The molecular formula is C9H6F2O. The summed E-state index contributed by atoms with van der Waals surface area (Å²) in [6.07, 6.45) is 2.96. The van der Waals surface area contributed by atoms with Crippen LogP contribution in [0.25, 0.3) is 6.08 Å². The number of halogens is 2. The van der Waals surface area contributed by atoms with E-state index in [9.17, 15) is 13.6 Å². The van der Waals surface area contributed by atoms with Gasteiger partial charge in [0.2, 0.25) is 0 Å². The molecule has 62 valence electrons. The Morgan fingerprint density at radius 3 is 2.58 bits per heavy atom. The van der Waals surface area contributed by atoms with E-state index in [-0.39, 0.29) is 5.56 Å². The Kier molecular flexibility index (Phi) is 2.69. The molecule has 1 rings (SSSR count). The van der Waals surface area contributed by atoms with Gasteiger partial charge in [-0.3, -0.25) is 4.79 Å². The summed E-state index contributed by atoms with van der Waals surface area (Å²) in [4.78, 5) is 9.87. The molecule has 3 heteroatoms. The lowest BCUT2D eigenvalue weighted by atomic mass is 10.2. The minimum Gasteiger partial charge on any atom is -0.299 e. The summed E-state index contributed by atoms with van der Waals surface area (Å²) >= 11 is 0. The lowest BCUT2D eigenvalue weighted by Gasteiger charge is -1.94. The molecule has 1 aromatic carbocycles. The topological polar surface area (TPSA) is 17.1 Å². The van der Waals surface area contributed by atoms with Crippen molar-refractivity contribution in [2.24, 2.45) is 0 Å². The number of hydrogen-bond acceptors (Lipinski definition) is 1. The highest BCUT2D eigenvalue weighted by Crippen LogP contribution is 2.10. The summed E-state index contributed by atoms with van der Waals surface area (Å²) in [5.41, 5.74) is 0.198. The van der Waals surface area contributed by atoms with Crippen molar-refractivity contribution in [2.75, 3.05) is 0 Å². The van der Waals surface area contributed by atoms with Crippen LogP contribution in [0.3, 0.4) is 0 Å². The van der Waals surface area contributed by atoms with Crippen LogP contribution >= 0.6 is 0 Å². The first kappa shape index (κ1) is 8.59. The monoisotopic (exact) mass is 168 g/mol. The van der Waals surface area contributed by atoms with E-state index in [1.807, 2.05) is 0 Å². The fraction of sp³-hybridized carbons (Fsp3) is 0. The standard InChI is InChI=1S/C9H6F2O/c10-8-4-3-7(2-1-5-12)9(11)6-8/h1-6H/b2-1-. The Bertz CT molecular complexity index is 318. The average molecular weight is 168 g/mol. The van der Waals surface area contributed by atoms with Gasteiger partial charge >= 0.3 is 0 Å². The highest BCUT2D eigenvalue weighted by atomic mass is 19.1. The molecule has 0 aliphatic carbocycles. The van der Waals surface area contributed by atoms with Gasteiger partial charge in [-0.1, -0.05) is 0 Å². The number of allylic oxidation sites excluding steroid dienone is 1. The largest absolute Gasteiger partial charge is 0.299 e. The Labute approximate surface area is 68.3 Å². The van der Waals surface area contributed by atoms with Crippen molar-refractivity contribution in [3.8, 4) is 0 Å². The van der Waals surface area contributed by atoms with Crippen LogP contribution in [0.1, 0.15) is 5.56 Å². The first-order valence-corrected chi connectivity index (χ1v) is 3.31. The Morgan fingerprint density at radius 1 is 1.25 bits per heavy atom. The van der Waals surface area contributed by atoms with E-state index in [0.29, 0.717) is 6.29 Å². The second-order valence-corrected chi connectivity index (χ2v) is 2.16. The van der Waals surface area contributed by atoms with Crippen LogP contribution in [-0.4, -0.2) is 6.29 Å². The molecule has 0 aliphatic rings. The van der Waals surface area contributed by atoms with Gasteiger partial charge in [0.15, 0.2) is 0 Å². The quantitative estimate of drug-likeness (QED) is 0.488. The van der Waals surface area contributed by atoms with Crippen LogP contribution < -0.4 is 0 Å². The molecule has 1 aromatic rings. The first-order chi connectivity index (χ1) is 5.74. The van der Waals surface area contributed by atoms with Crippen molar-refractivity contribution in [1.82, 2.24) is 0 Å². The van der Waals surface area contributed by atoms with Crippen molar-refractivity contribution >= 4 is 12.4 Å². The normalized spacial score (nSPS) is 10.5. The van der Waals surface area contributed by atoms with Crippen molar-refractivity contribution in [1.29, 1.82) is 0 Å². The zero-order valence-corrected chi connectivity index (χ0v) is 6.13. The first-order valence-electron chi connectivity index (χ1n) is 3.31. The second kappa shape index (κ2) is 3.76. The Hall–Kier alpha value is -1.51. The molecule has 0 saturated carbocycles. The number of carbonyl (C=O) groups excluding carboxylic acids is 1. The molecule has 0 amide bonds. The highest BCUT2D eigenvalue weighted by molar-refractivity contribution is 5.73. The predicted octanol–water partition coefficient (Wildman–Crippen LogP) is 2.18. The van der Waals surface area contributed by atoms with Gasteiger partial charge in [0, 0.05) is 11.6 Å². The Balaban J connectivity index is 3.01. The van der Waals surface area contributed by atoms with E-state index < -0.39 is 11.6 Å².